The Labute approximate surface area is 80.1 Å². The molecule has 0 bridgehead atoms. The number of hydrogen-bond donors (Lipinski definition) is 0. The molecule has 0 radical (unpaired) electrons. The normalized spacial score (nSPS) is 8.25. The number of aromatic nitrogens is 1. The first kappa shape index (κ1) is 8.98. The van der Waals surface area contributed by atoms with Gasteiger partial charge in [-0.3, -0.25) is 0 Å². The molecular formula is C3H3Cl2MgNS. The van der Waals surface area contributed by atoms with E-state index in [1.54, 1.807) is 5.38 Å². The maximum atomic E-state index is 5.38. The molecule has 0 amide bonds. The SMILES string of the molecule is Clc1csc(Cl)n1.[H-].[H-].[Mg+2]. The Hall–Kier alpha value is 0.976. The summed E-state index contributed by atoms with van der Waals surface area (Å²) in [5.41, 5.74) is 0. The molecule has 42 valence electrons. The Balaban J connectivity index is -0.000000163. The van der Waals surface area contributed by atoms with E-state index in [2.05, 4.69) is 4.98 Å². The van der Waals surface area contributed by atoms with Crippen LogP contribution in [0.25, 0.3) is 0 Å². The summed E-state index contributed by atoms with van der Waals surface area (Å²) >= 11 is 12.1. The average Bonchev–Trinajstić information content (AvgIpc) is 1.87. The summed E-state index contributed by atoms with van der Waals surface area (Å²) in [5, 5.41) is 2.15. The zero-order valence-electron chi connectivity index (χ0n) is 5.90. The summed E-state index contributed by atoms with van der Waals surface area (Å²) in [7, 11) is 0. The van der Waals surface area contributed by atoms with E-state index in [-0.39, 0.29) is 25.9 Å². The van der Waals surface area contributed by atoms with Gasteiger partial charge in [0.15, 0.2) is 4.47 Å². The molecule has 0 aliphatic heterocycles. The van der Waals surface area contributed by atoms with Crippen molar-refractivity contribution in [1.82, 2.24) is 4.98 Å². The van der Waals surface area contributed by atoms with Crippen molar-refractivity contribution >= 4 is 57.6 Å². The van der Waals surface area contributed by atoms with Gasteiger partial charge in [-0.1, -0.05) is 23.2 Å². The fourth-order valence-electron chi connectivity index (χ4n) is 0.234. The first-order valence-electron chi connectivity index (χ1n) is 1.55. The Morgan fingerprint density at radius 2 is 2.25 bits per heavy atom. The molecule has 0 aliphatic rings. The molecule has 1 aromatic rings. The zero-order chi connectivity index (χ0) is 5.28. The summed E-state index contributed by atoms with van der Waals surface area (Å²) in [6.45, 7) is 0. The molecule has 0 saturated carbocycles. The van der Waals surface area contributed by atoms with Crippen LogP contribution in [0.3, 0.4) is 0 Å². The smallest absolute Gasteiger partial charge is 1.00 e. The number of rotatable bonds is 0. The third-order valence-electron chi connectivity index (χ3n) is 0.448. The van der Waals surface area contributed by atoms with E-state index in [9.17, 15) is 0 Å². The molecule has 0 atom stereocenters. The third-order valence-corrected chi connectivity index (χ3v) is 1.75. The first-order chi connectivity index (χ1) is 3.29. The monoisotopic (exact) mass is 179 g/mol. The van der Waals surface area contributed by atoms with E-state index in [1.165, 1.54) is 11.3 Å². The van der Waals surface area contributed by atoms with E-state index in [1.807, 2.05) is 0 Å². The molecule has 0 aromatic carbocycles. The van der Waals surface area contributed by atoms with Crippen LogP contribution < -0.4 is 0 Å². The summed E-state index contributed by atoms with van der Waals surface area (Å²) < 4.78 is 0.491. The Morgan fingerprint density at radius 3 is 2.38 bits per heavy atom. The summed E-state index contributed by atoms with van der Waals surface area (Å²) in [5.74, 6) is 0. The van der Waals surface area contributed by atoms with Crippen molar-refractivity contribution in [1.29, 1.82) is 0 Å². The van der Waals surface area contributed by atoms with Crippen LogP contribution in [0.2, 0.25) is 9.62 Å². The van der Waals surface area contributed by atoms with Crippen molar-refractivity contribution in [2.45, 2.75) is 0 Å². The van der Waals surface area contributed by atoms with Crippen molar-refractivity contribution in [2.24, 2.45) is 0 Å². The van der Waals surface area contributed by atoms with Gasteiger partial charge in [0.2, 0.25) is 0 Å². The molecule has 8 heavy (non-hydrogen) atoms. The summed E-state index contributed by atoms with van der Waals surface area (Å²) in [4.78, 5) is 3.66. The van der Waals surface area contributed by atoms with E-state index >= 15 is 0 Å². The molecule has 1 aromatic heterocycles. The molecule has 5 heteroatoms. The van der Waals surface area contributed by atoms with Gasteiger partial charge in [0.1, 0.15) is 5.15 Å². The van der Waals surface area contributed by atoms with Crippen LogP contribution in [0.1, 0.15) is 2.85 Å². The molecule has 0 saturated heterocycles. The molecule has 0 unspecified atom stereocenters. The topological polar surface area (TPSA) is 12.9 Å². The average molecular weight is 180 g/mol. The Morgan fingerprint density at radius 1 is 1.62 bits per heavy atom. The predicted molar refractivity (Wildman–Crippen MR) is 40.1 cm³/mol. The number of thiazole rings is 1. The fraction of sp³-hybridized carbons (Fsp3) is 0. The van der Waals surface area contributed by atoms with Gasteiger partial charge < -0.3 is 2.85 Å². The molecule has 0 N–H and O–H groups in total. The quantitative estimate of drug-likeness (QED) is 0.558. The van der Waals surface area contributed by atoms with Gasteiger partial charge in [-0.05, 0) is 0 Å². The van der Waals surface area contributed by atoms with Crippen LogP contribution in [0.4, 0.5) is 0 Å². The van der Waals surface area contributed by atoms with E-state index < -0.39 is 0 Å². The second kappa shape index (κ2) is 3.90. The van der Waals surface area contributed by atoms with Gasteiger partial charge in [0.05, 0.1) is 0 Å². The van der Waals surface area contributed by atoms with Gasteiger partial charge in [-0.15, -0.1) is 11.3 Å². The van der Waals surface area contributed by atoms with Crippen LogP contribution in [-0.2, 0) is 0 Å². The largest absolute Gasteiger partial charge is 2.00 e. The summed E-state index contributed by atoms with van der Waals surface area (Å²) in [6.07, 6.45) is 0. The van der Waals surface area contributed by atoms with Gasteiger partial charge in [0, 0.05) is 5.38 Å². The van der Waals surface area contributed by atoms with Crippen LogP contribution in [0.15, 0.2) is 5.38 Å². The van der Waals surface area contributed by atoms with E-state index in [4.69, 9.17) is 23.2 Å². The Kier molecular flexibility index (Phi) is 4.38. The van der Waals surface area contributed by atoms with Crippen LogP contribution in [0.5, 0.6) is 0 Å². The summed E-state index contributed by atoms with van der Waals surface area (Å²) in [6, 6.07) is 0. The van der Waals surface area contributed by atoms with Crippen molar-refractivity contribution in [2.75, 3.05) is 0 Å². The van der Waals surface area contributed by atoms with Crippen LogP contribution in [-0.4, -0.2) is 28.0 Å². The molecule has 0 spiro atoms. The maximum Gasteiger partial charge on any atom is 2.00 e. The number of hydrogen-bond acceptors (Lipinski definition) is 2. The minimum Gasteiger partial charge on any atom is -1.00 e. The Bertz CT molecular complexity index is 157. The van der Waals surface area contributed by atoms with Crippen molar-refractivity contribution in [3.63, 3.8) is 0 Å². The van der Waals surface area contributed by atoms with Crippen molar-refractivity contribution < 1.29 is 2.85 Å². The second-order valence-corrected chi connectivity index (χ2v) is 2.75. The number of halogens is 2. The molecular weight excluding hydrogens is 177 g/mol. The van der Waals surface area contributed by atoms with Gasteiger partial charge in [-0.25, -0.2) is 4.98 Å². The van der Waals surface area contributed by atoms with Gasteiger partial charge >= 0.3 is 23.1 Å². The van der Waals surface area contributed by atoms with Gasteiger partial charge in [-0.2, -0.15) is 0 Å². The third kappa shape index (κ3) is 2.50. The van der Waals surface area contributed by atoms with Gasteiger partial charge in [0.25, 0.3) is 0 Å². The minimum atomic E-state index is 0. The molecule has 1 nitrogen and oxygen atoms in total. The zero-order valence-corrected chi connectivity index (χ0v) is 7.64. The van der Waals surface area contributed by atoms with Crippen molar-refractivity contribution in [3.8, 4) is 0 Å². The van der Waals surface area contributed by atoms with Crippen LogP contribution in [0, 0.1) is 0 Å². The molecule has 1 heterocycles. The second-order valence-electron chi connectivity index (χ2n) is 0.923. The molecule has 0 fully saturated rings. The minimum absolute atomic E-state index is 0. The number of nitrogens with zero attached hydrogens (tertiary/aromatic N) is 1. The fourth-order valence-corrected chi connectivity index (χ4v) is 1.17. The van der Waals surface area contributed by atoms with Crippen molar-refractivity contribution in [3.05, 3.63) is 15.0 Å². The van der Waals surface area contributed by atoms with E-state index in [0.717, 1.165) is 0 Å². The molecule has 1 rings (SSSR count). The standard InChI is InChI=1S/C3HCl2NS.Mg.2H/c4-2-1-7-3(5)6-2;;;/h1H;;;/q;+2;2*-1. The van der Waals surface area contributed by atoms with E-state index in [0.29, 0.717) is 9.62 Å². The first-order valence-corrected chi connectivity index (χ1v) is 3.19. The maximum absolute atomic E-state index is 5.38. The molecule has 0 aliphatic carbocycles. The predicted octanol–water partition coefficient (Wildman–Crippen LogP) is 2.29. The van der Waals surface area contributed by atoms with Crippen LogP contribution >= 0.6 is 34.5 Å².